The van der Waals surface area contributed by atoms with Crippen LogP contribution in [-0.4, -0.2) is 22.7 Å². The van der Waals surface area contributed by atoms with E-state index in [9.17, 15) is 9.90 Å². The minimum absolute atomic E-state index is 0.0767. The van der Waals surface area contributed by atoms with Crippen LogP contribution in [0, 0.1) is 0 Å². The second kappa shape index (κ2) is 5.80. The number of benzene rings is 1. The number of hydrogen-bond donors (Lipinski definition) is 3. The highest BCUT2D eigenvalue weighted by atomic mass is 16.3. The number of aromatic nitrogens is 1. The van der Waals surface area contributed by atoms with Gasteiger partial charge in [-0.1, -0.05) is 25.1 Å². The summed E-state index contributed by atoms with van der Waals surface area (Å²) in [5.74, 6) is 0. The number of aliphatic hydroxyl groups excluding tert-OH is 1. The molecule has 0 aliphatic heterocycles. The van der Waals surface area contributed by atoms with E-state index in [0.29, 0.717) is 25.1 Å². The molecule has 0 amide bonds. The fourth-order valence-electron chi connectivity index (χ4n) is 1.84. The van der Waals surface area contributed by atoms with Gasteiger partial charge in [0, 0.05) is 24.2 Å². The summed E-state index contributed by atoms with van der Waals surface area (Å²) in [6.07, 6.45) is 0.352. The van der Waals surface area contributed by atoms with E-state index in [4.69, 9.17) is 0 Å². The first-order chi connectivity index (χ1) is 8.70. The van der Waals surface area contributed by atoms with Gasteiger partial charge in [0.2, 0.25) is 0 Å². The van der Waals surface area contributed by atoms with E-state index in [0.717, 1.165) is 10.9 Å². The molecule has 0 spiro atoms. The number of hydrogen-bond acceptors (Lipinski definition) is 3. The summed E-state index contributed by atoms with van der Waals surface area (Å²) in [6.45, 7) is 2.90. The van der Waals surface area contributed by atoms with Crippen LogP contribution in [0.5, 0.6) is 0 Å². The van der Waals surface area contributed by atoms with Gasteiger partial charge in [-0.2, -0.15) is 0 Å². The Balaban J connectivity index is 2.13. The largest absolute Gasteiger partial charge is 0.392 e. The Kier molecular flexibility index (Phi) is 4.12. The highest BCUT2D eigenvalue weighted by Gasteiger charge is 2.04. The first kappa shape index (κ1) is 12.8. The second-order valence-corrected chi connectivity index (χ2v) is 4.40. The Morgan fingerprint density at radius 3 is 2.94 bits per heavy atom. The standard InChI is InChI=1S/C14H18N2O2/c1-2-12(17)9-15-8-11-7-10-5-3-4-6-13(10)16-14(11)18/h3-7,12,15,17H,2,8-9H2,1H3,(H,16,18). The number of aliphatic hydroxyl groups is 1. The number of fused-ring (bicyclic) bond motifs is 1. The summed E-state index contributed by atoms with van der Waals surface area (Å²) in [5.41, 5.74) is 1.46. The predicted molar refractivity (Wildman–Crippen MR) is 72.6 cm³/mol. The third-order valence-corrected chi connectivity index (χ3v) is 3.00. The second-order valence-electron chi connectivity index (χ2n) is 4.40. The Labute approximate surface area is 106 Å². The molecule has 0 fully saturated rings. The quantitative estimate of drug-likeness (QED) is 0.747. The van der Waals surface area contributed by atoms with Crippen LogP contribution in [0.3, 0.4) is 0 Å². The zero-order valence-electron chi connectivity index (χ0n) is 10.4. The van der Waals surface area contributed by atoms with Gasteiger partial charge in [0.25, 0.3) is 5.56 Å². The maximum atomic E-state index is 11.8. The van der Waals surface area contributed by atoms with Gasteiger partial charge in [-0.3, -0.25) is 4.79 Å². The lowest BCUT2D eigenvalue weighted by molar-refractivity contribution is 0.167. The molecule has 0 radical (unpaired) electrons. The number of H-pyrrole nitrogens is 1. The van der Waals surface area contributed by atoms with Crippen molar-refractivity contribution >= 4 is 10.9 Å². The highest BCUT2D eigenvalue weighted by molar-refractivity contribution is 5.78. The van der Waals surface area contributed by atoms with Crippen LogP contribution in [0.1, 0.15) is 18.9 Å². The van der Waals surface area contributed by atoms with Crippen LogP contribution >= 0.6 is 0 Å². The number of aromatic amines is 1. The first-order valence-electron chi connectivity index (χ1n) is 6.20. The van der Waals surface area contributed by atoms with E-state index in [1.165, 1.54) is 0 Å². The number of rotatable bonds is 5. The van der Waals surface area contributed by atoms with Crippen molar-refractivity contribution in [3.8, 4) is 0 Å². The predicted octanol–water partition coefficient (Wildman–Crippen LogP) is 1.39. The Morgan fingerprint density at radius 1 is 1.39 bits per heavy atom. The Hall–Kier alpha value is -1.65. The molecule has 1 heterocycles. The molecule has 3 N–H and O–H groups in total. The fraction of sp³-hybridized carbons (Fsp3) is 0.357. The molecular formula is C14H18N2O2. The molecule has 1 aromatic heterocycles. The first-order valence-corrected chi connectivity index (χ1v) is 6.20. The van der Waals surface area contributed by atoms with Gasteiger partial charge in [0.05, 0.1) is 6.10 Å². The smallest absolute Gasteiger partial charge is 0.252 e. The Bertz CT molecular complexity index is 577. The molecule has 0 bridgehead atoms. The number of para-hydroxylation sites is 1. The van der Waals surface area contributed by atoms with E-state index in [1.807, 2.05) is 37.3 Å². The normalized spacial score (nSPS) is 12.8. The molecule has 96 valence electrons. The van der Waals surface area contributed by atoms with Crippen LogP contribution in [0.2, 0.25) is 0 Å². The van der Waals surface area contributed by atoms with Crippen molar-refractivity contribution in [1.29, 1.82) is 0 Å². The molecule has 0 aliphatic rings. The van der Waals surface area contributed by atoms with Crippen molar-refractivity contribution in [3.05, 3.63) is 46.2 Å². The molecule has 4 nitrogen and oxygen atoms in total. The third kappa shape index (κ3) is 2.97. The lowest BCUT2D eigenvalue weighted by Crippen LogP contribution is -2.28. The van der Waals surface area contributed by atoms with E-state index in [-0.39, 0.29) is 11.7 Å². The zero-order chi connectivity index (χ0) is 13.0. The van der Waals surface area contributed by atoms with Crippen molar-refractivity contribution in [2.24, 2.45) is 0 Å². The van der Waals surface area contributed by atoms with Gasteiger partial charge in [-0.15, -0.1) is 0 Å². The maximum Gasteiger partial charge on any atom is 0.252 e. The number of nitrogens with one attached hydrogen (secondary N) is 2. The average molecular weight is 246 g/mol. The maximum absolute atomic E-state index is 11.8. The van der Waals surface area contributed by atoms with E-state index >= 15 is 0 Å². The summed E-state index contributed by atoms with van der Waals surface area (Å²) in [4.78, 5) is 14.7. The Morgan fingerprint density at radius 2 is 2.17 bits per heavy atom. The van der Waals surface area contributed by atoms with Crippen LogP contribution in [0.25, 0.3) is 10.9 Å². The molecule has 0 aliphatic carbocycles. The van der Waals surface area contributed by atoms with Gasteiger partial charge >= 0.3 is 0 Å². The van der Waals surface area contributed by atoms with Crippen LogP contribution in [0.15, 0.2) is 35.1 Å². The average Bonchev–Trinajstić information content (AvgIpc) is 2.39. The van der Waals surface area contributed by atoms with Crippen molar-refractivity contribution in [2.45, 2.75) is 26.0 Å². The monoisotopic (exact) mass is 246 g/mol. The fourth-order valence-corrected chi connectivity index (χ4v) is 1.84. The van der Waals surface area contributed by atoms with Gasteiger partial charge in [0.1, 0.15) is 0 Å². The molecule has 18 heavy (non-hydrogen) atoms. The molecule has 0 saturated heterocycles. The zero-order valence-corrected chi connectivity index (χ0v) is 10.4. The summed E-state index contributed by atoms with van der Waals surface area (Å²) in [5, 5.41) is 13.5. The minimum Gasteiger partial charge on any atom is -0.392 e. The van der Waals surface area contributed by atoms with Crippen molar-refractivity contribution in [3.63, 3.8) is 0 Å². The van der Waals surface area contributed by atoms with Crippen molar-refractivity contribution in [1.82, 2.24) is 10.3 Å². The van der Waals surface area contributed by atoms with E-state index in [1.54, 1.807) is 0 Å². The molecule has 1 aromatic carbocycles. The van der Waals surface area contributed by atoms with E-state index < -0.39 is 0 Å². The molecule has 1 atom stereocenters. The molecule has 2 rings (SSSR count). The van der Waals surface area contributed by atoms with Crippen LogP contribution < -0.4 is 10.9 Å². The van der Waals surface area contributed by atoms with Gasteiger partial charge in [-0.25, -0.2) is 0 Å². The molecular weight excluding hydrogens is 228 g/mol. The molecule has 1 unspecified atom stereocenters. The van der Waals surface area contributed by atoms with E-state index in [2.05, 4.69) is 10.3 Å². The topological polar surface area (TPSA) is 65.1 Å². The summed E-state index contributed by atoms with van der Waals surface area (Å²) < 4.78 is 0. The molecule has 2 aromatic rings. The summed E-state index contributed by atoms with van der Waals surface area (Å²) >= 11 is 0. The van der Waals surface area contributed by atoms with Crippen LogP contribution in [-0.2, 0) is 6.54 Å². The molecule has 0 saturated carbocycles. The summed E-state index contributed by atoms with van der Waals surface area (Å²) in [6, 6.07) is 9.58. The van der Waals surface area contributed by atoms with Gasteiger partial charge in [-0.05, 0) is 23.9 Å². The SMILES string of the molecule is CCC(O)CNCc1cc2ccccc2[nH]c1=O. The highest BCUT2D eigenvalue weighted by Crippen LogP contribution is 2.09. The lowest BCUT2D eigenvalue weighted by Gasteiger charge is -2.09. The number of pyridine rings is 1. The van der Waals surface area contributed by atoms with Gasteiger partial charge < -0.3 is 15.4 Å². The minimum atomic E-state index is -0.357. The summed E-state index contributed by atoms with van der Waals surface area (Å²) in [7, 11) is 0. The van der Waals surface area contributed by atoms with Crippen LogP contribution in [0.4, 0.5) is 0 Å². The lowest BCUT2D eigenvalue weighted by atomic mass is 10.1. The third-order valence-electron chi connectivity index (χ3n) is 3.00. The van der Waals surface area contributed by atoms with Crippen molar-refractivity contribution in [2.75, 3.05) is 6.54 Å². The van der Waals surface area contributed by atoms with Gasteiger partial charge in [0.15, 0.2) is 0 Å². The van der Waals surface area contributed by atoms with Crippen molar-refractivity contribution < 1.29 is 5.11 Å². The molecule has 4 heteroatoms.